The quantitative estimate of drug-likeness (QED) is 0.343. The Morgan fingerprint density at radius 1 is 1.17 bits per heavy atom. The normalized spacial score (nSPS) is 11.4. The van der Waals surface area contributed by atoms with Gasteiger partial charge in [-0.05, 0) is 19.1 Å². The van der Waals surface area contributed by atoms with E-state index >= 15 is 0 Å². The van der Waals surface area contributed by atoms with Crippen molar-refractivity contribution in [3.05, 3.63) is 18.2 Å². The van der Waals surface area contributed by atoms with Gasteiger partial charge in [-0.2, -0.15) is 0 Å². The van der Waals surface area contributed by atoms with Crippen molar-refractivity contribution in [2.45, 2.75) is 13.8 Å². The monoisotopic (exact) mass is 471 g/mol. The highest BCUT2D eigenvalue weighted by molar-refractivity contribution is 14.0. The number of nitrogens with one attached hydrogen (secondary N) is 2. The van der Waals surface area contributed by atoms with Crippen molar-refractivity contribution in [3.8, 4) is 11.5 Å². The Kier molecular flexibility index (Phi) is 10.8. The molecule has 0 bridgehead atoms. The van der Waals surface area contributed by atoms with Crippen molar-refractivity contribution in [3.63, 3.8) is 0 Å². The Morgan fingerprint density at radius 2 is 1.83 bits per heavy atom. The number of anilines is 1. The summed E-state index contributed by atoms with van der Waals surface area (Å²) in [6.45, 7) is 4.44. The molecule has 9 heteroatoms. The van der Waals surface area contributed by atoms with Gasteiger partial charge in [0.05, 0.1) is 26.5 Å². The third-order valence-electron chi connectivity index (χ3n) is 3.10. The SMILES string of the molecule is CCNC(=NCCS(=O)(=O)CC)Nc1ccc(OC)c(OC)c1.I. The second-order valence-corrected chi connectivity index (χ2v) is 7.16. The van der Waals surface area contributed by atoms with Crippen LogP contribution in [0.2, 0.25) is 0 Å². The molecule has 0 unspecified atom stereocenters. The zero-order valence-electron chi connectivity index (χ0n) is 14.5. The first-order valence-corrected chi connectivity index (χ1v) is 9.25. The molecule has 0 aromatic heterocycles. The van der Waals surface area contributed by atoms with E-state index in [0.29, 0.717) is 24.0 Å². The zero-order valence-corrected chi connectivity index (χ0v) is 17.6. The molecule has 1 aromatic carbocycles. The molecule has 0 spiro atoms. The summed E-state index contributed by atoms with van der Waals surface area (Å²) >= 11 is 0. The van der Waals surface area contributed by atoms with Crippen LogP contribution in [0.1, 0.15) is 13.8 Å². The van der Waals surface area contributed by atoms with Gasteiger partial charge in [-0.1, -0.05) is 6.92 Å². The van der Waals surface area contributed by atoms with E-state index in [1.807, 2.05) is 13.0 Å². The first kappa shape index (κ1) is 22.8. The second kappa shape index (κ2) is 11.3. The van der Waals surface area contributed by atoms with Crippen molar-refractivity contribution < 1.29 is 17.9 Å². The number of ether oxygens (including phenoxy) is 2. The van der Waals surface area contributed by atoms with Gasteiger partial charge in [0.25, 0.3) is 0 Å². The lowest BCUT2D eigenvalue weighted by atomic mass is 10.3. The molecule has 24 heavy (non-hydrogen) atoms. The summed E-state index contributed by atoms with van der Waals surface area (Å²) in [5, 5.41) is 6.19. The molecule has 0 amide bonds. The summed E-state index contributed by atoms with van der Waals surface area (Å²) in [5.41, 5.74) is 0.765. The number of aliphatic imine (C=N–C) groups is 1. The van der Waals surface area contributed by atoms with Gasteiger partial charge in [0, 0.05) is 24.1 Å². The molecule has 0 aliphatic heterocycles. The standard InChI is InChI=1S/C15H25N3O4S.HI/c1-5-16-15(17-9-10-23(19,20)6-2)18-12-7-8-13(21-3)14(11-12)22-4;/h7-8,11H,5-6,9-10H2,1-4H3,(H2,16,17,18);1H. The number of halogens is 1. The first-order chi connectivity index (χ1) is 11.0. The topological polar surface area (TPSA) is 89.0 Å². The lowest BCUT2D eigenvalue weighted by molar-refractivity contribution is 0.355. The molecule has 0 saturated heterocycles. The Bertz CT molecular complexity index is 636. The van der Waals surface area contributed by atoms with E-state index in [0.717, 1.165) is 5.69 Å². The van der Waals surface area contributed by atoms with Gasteiger partial charge in [0.15, 0.2) is 27.3 Å². The minimum absolute atomic E-state index is 0. The van der Waals surface area contributed by atoms with Crippen LogP contribution in [-0.4, -0.2) is 53.2 Å². The van der Waals surface area contributed by atoms with E-state index in [1.54, 1.807) is 33.3 Å². The number of methoxy groups -OCH3 is 2. The van der Waals surface area contributed by atoms with Gasteiger partial charge in [-0.15, -0.1) is 24.0 Å². The molecule has 0 aliphatic rings. The van der Waals surface area contributed by atoms with Gasteiger partial charge >= 0.3 is 0 Å². The molecule has 1 aromatic rings. The first-order valence-electron chi connectivity index (χ1n) is 7.43. The van der Waals surface area contributed by atoms with Gasteiger partial charge in [0.1, 0.15) is 0 Å². The zero-order chi connectivity index (χ0) is 17.3. The molecule has 0 fully saturated rings. The Labute approximate surface area is 161 Å². The average molecular weight is 471 g/mol. The van der Waals surface area contributed by atoms with Crippen LogP contribution in [0.5, 0.6) is 11.5 Å². The summed E-state index contributed by atoms with van der Waals surface area (Å²) in [4.78, 5) is 4.28. The minimum atomic E-state index is -3.02. The maximum Gasteiger partial charge on any atom is 0.195 e. The summed E-state index contributed by atoms with van der Waals surface area (Å²) in [6, 6.07) is 5.40. The third-order valence-corrected chi connectivity index (χ3v) is 4.79. The van der Waals surface area contributed by atoms with Crippen LogP contribution >= 0.6 is 24.0 Å². The van der Waals surface area contributed by atoms with Gasteiger partial charge < -0.3 is 20.1 Å². The van der Waals surface area contributed by atoms with E-state index in [4.69, 9.17) is 9.47 Å². The number of hydrogen-bond acceptors (Lipinski definition) is 5. The third kappa shape index (κ3) is 7.56. The number of guanidine groups is 1. The van der Waals surface area contributed by atoms with Crippen LogP contribution in [0.25, 0.3) is 0 Å². The number of benzene rings is 1. The maximum atomic E-state index is 11.5. The van der Waals surface area contributed by atoms with E-state index in [-0.39, 0.29) is 42.0 Å². The summed E-state index contributed by atoms with van der Waals surface area (Å²) in [6.07, 6.45) is 0. The van der Waals surface area contributed by atoms with Crippen LogP contribution in [0, 0.1) is 0 Å². The number of rotatable bonds is 8. The van der Waals surface area contributed by atoms with E-state index in [9.17, 15) is 8.42 Å². The molecule has 1 rings (SSSR count). The highest BCUT2D eigenvalue weighted by Crippen LogP contribution is 2.29. The average Bonchev–Trinajstić information content (AvgIpc) is 2.54. The van der Waals surface area contributed by atoms with Gasteiger partial charge in [-0.3, -0.25) is 4.99 Å². The number of hydrogen-bond donors (Lipinski definition) is 2. The predicted octanol–water partition coefficient (Wildman–Crippen LogP) is 2.13. The Hall–Kier alpha value is -1.23. The lowest BCUT2D eigenvalue weighted by Crippen LogP contribution is -2.31. The molecule has 0 saturated carbocycles. The van der Waals surface area contributed by atoms with Gasteiger partial charge in [0.2, 0.25) is 0 Å². The summed E-state index contributed by atoms with van der Waals surface area (Å²) in [5.74, 6) is 1.91. The van der Waals surface area contributed by atoms with E-state index in [1.165, 1.54) is 0 Å². The summed E-state index contributed by atoms with van der Waals surface area (Å²) < 4.78 is 33.5. The largest absolute Gasteiger partial charge is 0.493 e. The molecule has 0 aliphatic carbocycles. The van der Waals surface area contributed by atoms with Crippen molar-refractivity contribution in [1.82, 2.24) is 5.32 Å². The molecule has 0 radical (unpaired) electrons. The molecule has 2 N–H and O–H groups in total. The van der Waals surface area contributed by atoms with Crippen LogP contribution < -0.4 is 20.1 Å². The van der Waals surface area contributed by atoms with Crippen LogP contribution in [-0.2, 0) is 9.84 Å². The highest BCUT2D eigenvalue weighted by Gasteiger charge is 2.08. The smallest absolute Gasteiger partial charge is 0.195 e. The highest BCUT2D eigenvalue weighted by atomic mass is 127. The molecular weight excluding hydrogens is 445 g/mol. The molecule has 7 nitrogen and oxygen atoms in total. The van der Waals surface area contributed by atoms with Crippen molar-refractivity contribution >= 4 is 45.5 Å². The van der Waals surface area contributed by atoms with Crippen LogP contribution in [0.3, 0.4) is 0 Å². The van der Waals surface area contributed by atoms with Crippen LogP contribution in [0.15, 0.2) is 23.2 Å². The molecule has 0 heterocycles. The molecule has 0 atom stereocenters. The van der Waals surface area contributed by atoms with E-state index in [2.05, 4.69) is 15.6 Å². The lowest BCUT2D eigenvalue weighted by Gasteiger charge is -2.13. The van der Waals surface area contributed by atoms with E-state index < -0.39 is 9.84 Å². The fourth-order valence-electron chi connectivity index (χ4n) is 1.80. The number of nitrogens with zero attached hydrogens (tertiary/aromatic N) is 1. The molecular formula is C15H26IN3O4S. The number of sulfone groups is 1. The Morgan fingerprint density at radius 3 is 2.38 bits per heavy atom. The molecule has 138 valence electrons. The summed E-state index contributed by atoms with van der Waals surface area (Å²) in [7, 11) is 0.118. The predicted molar refractivity (Wildman–Crippen MR) is 109 cm³/mol. The maximum absolute atomic E-state index is 11.5. The fourth-order valence-corrected chi connectivity index (χ4v) is 2.46. The van der Waals surface area contributed by atoms with Crippen molar-refractivity contribution in [2.75, 3.05) is 44.1 Å². The van der Waals surface area contributed by atoms with Crippen molar-refractivity contribution in [1.29, 1.82) is 0 Å². The second-order valence-electron chi connectivity index (χ2n) is 4.69. The Balaban J connectivity index is 0.00000529. The van der Waals surface area contributed by atoms with Crippen molar-refractivity contribution in [2.24, 2.45) is 4.99 Å². The fraction of sp³-hybridized carbons (Fsp3) is 0.533. The van der Waals surface area contributed by atoms with Crippen LogP contribution in [0.4, 0.5) is 5.69 Å². The van der Waals surface area contributed by atoms with Gasteiger partial charge in [-0.25, -0.2) is 8.42 Å². The minimum Gasteiger partial charge on any atom is -0.493 e.